The van der Waals surface area contributed by atoms with Gasteiger partial charge in [-0.15, -0.1) is 0 Å². The second-order valence-corrected chi connectivity index (χ2v) is 7.70. The zero-order chi connectivity index (χ0) is 25.3. The Labute approximate surface area is 194 Å². The van der Waals surface area contributed by atoms with Crippen LogP contribution in [0.3, 0.4) is 0 Å². The van der Waals surface area contributed by atoms with Crippen molar-refractivity contribution in [2.45, 2.75) is 45.1 Å². The molecule has 184 valence electrons. The van der Waals surface area contributed by atoms with Crippen molar-refractivity contribution in [3.8, 4) is 0 Å². The Bertz CT molecular complexity index is 988. The van der Waals surface area contributed by atoms with Gasteiger partial charge in [0.25, 0.3) is 0 Å². The van der Waals surface area contributed by atoms with Gasteiger partial charge in [0.05, 0.1) is 24.2 Å². The molecule has 0 saturated carbocycles. The van der Waals surface area contributed by atoms with Crippen molar-refractivity contribution in [2.75, 3.05) is 13.1 Å². The lowest BCUT2D eigenvalue weighted by Gasteiger charge is -2.35. The lowest BCUT2D eigenvalue weighted by atomic mass is 10.1. The van der Waals surface area contributed by atoms with Crippen LogP contribution in [-0.2, 0) is 20.9 Å². The summed E-state index contributed by atoms with van der Waals surface area (Å²) in [7, 11) is 0. The molecule has 34 heavy (non-hydrogen) atoms. The van der Waals surface area contributed by atoms with Crippen LogP contribution in [-0.4, -0.2) is 63.1 Å². The Morgan fingerprint density at radius 3 is 2.62 bits per heavy atom. The average molecular weight is 481 g/mol. The Morgan fingerprint density at radius 1 is 1.32 bits per heavy atom. The van der Waals surface area contributed by atoms with Crippen LogP contribution < -0.4 is 10.6 Å². The minimum Gasteiger partial charge on any atom is -0.475 e. The molecule has 1 aliphatic heterocycles. The number of carbonyl (C=O) groups excluding carboxylic acids is 2. The topological polar surface area (TPSA) is 125 Å². The maximum Gasteiger partial charge on any atom is 0.490 e. The highest BCUT2D eigenvalue weighted by Crippen LogP contribution is 2.16. The molecule has 0 aliphatic carbocycles. The second kappa shape index (κ2) is 12.1. The molecule has 2 aromatic rings. The van der Waals surface area contributed by atoms with Crippen molar-refractivity contribution in [1.82, 2.24) is 25.5 Å². The number of carbonyl (C=O) groups is 3. The fraction of sp³-hybridized carbons (Fsp3) is 0.409. The fourth-order valence-corrected chi connectivity index (χ4v) is 3.33. The molecule has 3 N–H and O–H groups in total. The first kappa shape index (κ1) is 26.7. The molecule has 3 rings (SSSR count). The zero-order valence-corrected chi connectivity index (χ0v) is 18.7. The number of alkyl halides is 3. The summed E-state index contributed by atoms with van der Waals surface area (Å²) in [5.74, 6) is -3.02. The Kier molecular flexibility index (Phi) is 9.48. The summed E-state index contributed by atoms with van der Waals surface area (Å²) >= 11 is 0. The summed E-state index contributed by atoms with van der Waals surface area (Å²) in [6, 6.07) is 9.28. The smallest absolute Gasteiger partial charge is 0.475 e. The van der Waals surface area contributed by atoms with Gasteiger partial charge in [-0.1, -0.05) is 29.8 Å². The van der Waals surface area contributed by atoms with Gasteiger partial charge in [0.2, 0.25) is 11.8 Å². The van der Waals surface area contributed by atoms with Gasteiger partial charge < -0.3 is 15.7 Å². The van der Waals surface area contributed by atoms with Crippen LogP contribution >= 0.6 is 0 Å². The third-order valence-electron chi connectivity index (χ3n) is 4.96. The minimum atomic E-state index is -5.08. The molecule has 1 aromatic carbocycles. The Morgan fingerprint density at radius 2 is 2.03 bits per heavy atom. The van der Waals surface area contributed by atoms with Gasteiger partial charge >= 0.3 is 12.1 Å². The highest BCUT2D eigenvalue weighted by molar-refractivity contribution is 5.89. The van der Waals surface area contributed by atoms with Crippen LogP contribution in [0.25, 0.3) is 0 Å². The molecule has 2 atom stereocenters. The first-order valence-corrected chi connectivity index (χ1v) is 10.4. The molecule has 0 radical (unpaired) electrons. The quantitative estimate of drug-likeness (QED) is 0.576. The van der Waals surface area contributed by atoms with Crippen molar-refractivity contribution in [3.05, 3.63) is 59.7 Å². The number of carboxylic acids is 1. The van der Waals surface area contributed by atoms with Crippen LogP contribution in [0.15, 0.2) is 42.9 Å². The predicted molar refractivity (Wildman–Crippen MR) is 115 cm³/mol. The number of carboxylic acid groups (broad SMARTS) is 1. The molecular weight excluding hydrogens is 455 g/mol. The Balaban J connectivity index is 0.000000509. The fourth-order valence-electron chi connectivity index (χ4n) is 3.33. The van der Waals surface area contributed by atoms with Gasteiger partial charge in [-0.3, -0.25) is 14.5 Å². The molecule has 1 saturated heterocycles. The molecule has 1 fully saturated rings. The lowest BCUT2D eigenvalue weighted by molar-refractivity contribution is -0.192. The average Bonchev–Trinajstić information content (AvgIpc) is 2.76. The van der Waals surface area contributed by atoms with Crippen LogP contribution in [0.2, 0.25) is 0 Å². The number of hydrogen-bond donors (Lipinski definition) is 3. The third kappa shape index (κ3) is 8.43. The molecule has 2 amide bonds. The molecule has 2 heterocycles. The number of aryl methyl sites for hydroxylation is 1. The molecule has 2 unspecified atom stereocenters. The van der Waals surface area contributed by atoms with Gasteiger partial charge in [-0.2, -0.15) is 13.2 Å². The highest BCUT2D eigenvalue weighted by atomic mass is 19.4. The molecule has 9 nitrogen and oxygen atoms in total. The maximum atomic E-state index is 12.5. The van der Waals surface area contributed by atoms with Crippen molar-refractivity contribution in [1.29, 1.82) is 0 Å². The monoisotopic (exact) mass is 481 g/mol. The van der Waals surface area contributed by atoms with E-state index in [-0.39, 0.29) is 24.3 Å². The van der Waals surface area contributed by atoms with E-state index in [1.165, 1.54) is 11.9 Å². The number of nitrogens with zero attached hydrogens (tertiary/aromatic N) is 3. The number of nitrogens with one attached hydrogen (secondary N) is 2. The van der Waals surface area contributed by atoms with Gasteiger partial charge in [0, 0.05) is 25.8 Å². The van der Waals surface area contributed by atoms with Crippen molar-refractivity contribution >= 4 is 17.8 Å². The van der Waals surface area contributed by atoms with E-state index in [2.05, 4.69) is 31.6 Å². The predicted octanol–water partition coefficient (Wildman–Crippen LogP) is 1.99. The number of piperazine rings is 1. The third-order valence-corrected chi connectivity index (χ3v) is 4.96. The van der Waals surface area contributed by atoms with Crippen LogP contribution in [0, 0.1) is 6.92 Å². The number of amides is 2. The summed E-state index contributed by atoms with van der Waals surface area (Å²) in [6.07, 6.45) is -1.87. The SMILES string of the molecule is Cc1cccc(CN2CCNC(=O)C2CC(=O)NC(C)c2ccncn2)c1.O=C(O)C(F)(F)F. The summed E-state index contributed by atoms with van der Waals surface area (Å²) < 4.78 is 31.7. The van der Waals surface area contributed by atoms with Gasteiger partial charge in [-0.25, -0.2) is 14.8 Å². The van der Waals surface area contributed by atoms with Crippen LogP contribution in [0.5, 0.6) is 0 Å². The van der Waals surface area contributed by atoms with E-state index in [1.54, 1.807) is 12.3 Å². The summed E-state index contributed by atoms with van der Waals surface area (Å²) in [5, 5.41) is 12.9. The van der Waals surface area contributed by atoms with Crippen LogP contribution in [0.4, 0.5) is 13.2 Å². The van der Waals surface area contributed by atoms with E-state index in [9.17, 15) is 22.8 Å². The standard InChI is InChI=1S/C20H25N5O2.C2HF3O2/c1-14-4-3-5-16(10-14)12-25-9-8-22-20(27)18(25)11-19(26)24-15(2)17-6-7-21-13-23-17;3-2(4,5)1(6)7/h3-7,10,13,15,18H,8-9,11-12H2,1-2H3,(H,22,27)(H,24,26);(H,6,7). The number of benzene rings is 1. The Hall–Kier alpha value is -3.54. The summed E-state index contributed by atoms with van der Waals surface area (Å²) in [4.78, 5) is 43.9. The van der Waals surface area contributed by atoms with E-state index in [4.69, 9.17) is 9.90 Å². The van der Waals surface area contributed by atoms with Gasteiger partial charge in [0.15, 0.2) is 0 Å². The first-order chi connectivity index (χ1) is 16.0. The number of hydrogen-bond acceptors (Lipinski definition) is 6. The summed E-state index contributed by atoms with van der Waals surface area (Å²) in [5.41, 5.74) is 3.06. The van der Waals surface area contributed by atoms with E-state index in [0.717, 1.165) is 17.8 Å². The number of aliphatic carboxylic acids is 1. The molecule has 1 aromatic heterocycles. The van der Waals surface area contributed by atoms with Crippen LogP contribution in [0.1, 0.15) is 36.2 Å². The maximum absolute atomic E-state index is 12.5. The number of rotatable bonds is 6. The van der Waals surface area contributed by atoms with E-state index < -0.39 is 18.2 Å². The molecule has 0 spiro atoms. The van der Waals surface area contributed by atoms with E-state index in [0.29, 0.717) is 13.1 Å². The lowest BCUT2D eigenvalue weighted by Crippen LogP contribution is -2.56. The molecule has 0 bridgehead atoms. The van der Waals surface area contributed by atoms with Crippen molar-refractivity contribution in [3.63, 3.8) is 0 Å². The van der Waals surface area contributed by atoms with Crippen molar-refractivity contribution in [2.24, 2.45) is 0 Å². The molecular formula is C22H26F3N5O4. The number of aromatic nitrogens is 2. The molecule has 12 heteroatoms. The normalized spacial score (nSPS) is 17.1. The van der Waals surface area contributed by atoms with Crippen molar-refractivity contribution < 1.29 is 32.7 Å². The molecule has 1 aliphatic rings. The highest BCUT2D eigenvalue weighted by Gasteiger charge is 2.38. The van der Waals surface area contributed by atoms with E-state index in [1.807, 2.05) is 32.0 Å². The zero-order valence-electron chi connectivity index (χ0n) is 18.7. The minimum absolute atomic E-state index is 0.0984. The van der Waals surface area contributed by atoms with E-state index >= 15 is 0 Å². The van der Waals surface area contributed by atoms with Gasteiger partial charge in [0.1, 0.15) is 6.33 Å². The van der Waals surface area contributed by atoms with Gasteiger partial charge in [-0.05, 0) is 25.5 Å². The number of halogens is 3. The largest absolute Gasteiger partial charge is 0.490 e. The first-order valence-electron chi connectivity index (χ1n) is 10.4. The second-order valence-electron chi connectivity index (χ2n) is 7.70. The summed E-state index contributed by atoms with van der Waals surface area (Å²) in [6.45, 7) is 5.88.